The Balaban J connectivity index is 2.65. The minimum Gasteiger partial charge on any atom is -0.358 e. The van der Waals surface area contributed by atoms with E-state index in [0.29, 0.717) is 6.54 Å². The van der Waals surface area contributed by atoms with Crippen LogP contribution < -0.4 is 5.32 Å². The van der Waals surface area contributed by atoms with E-state index in [9.17, 15) is 9.59 Å². The second-order valence-electron chi connectivity index (χ2n) is 3.95. The normalized spacial score (nSPS) is 10.7. The Kier molecular flexibility index (Phi) is 6.80. The van der Waals surface area contributed by atoms with E-state index in [1.165, 1.54) is 11.0 Å². The number of thiophene rings is 1. The summed E-state index contributed by atoms with van der Waals surface area (Å²) in [7, 11) is 1.57. The first-order chi connectivity index (χ1) is 9.06. The number of hydrogen-bond acceptors (Lipinski definition) is 3. The number of nitrogens with one attached hydrogen (secondary N) is 1. The lowest BCUT2D eigenvalue weighted by Gasteiger charge is -2.19. The predicted octanol–water partition coefficient (Wildman–Crippen LogP) is 2.51. The smallest absolute Gasteiger partial charge is 0.247 e. The Morgan fingerprint density at radius 1 is 1.53 bits per heavy atom. The van der Waals surface area contributed by atoms with E-state index < -0.39 is 0 Å². The number of rotatable bonds is 6. The molecule has 1 N–H and O–H groups in total. The zero-order valence-corrected chi connectivity index (χ0v) is 13.4. The zero-order valence-electron chi connectivity index (χ0n) is 11.0. The molecule has 1 aromatic heterocycles. The van der Waals surface area contributed by atoms with Crippen molar-refractivity contribution < 1.29 is 9.59 Å². The molecule has 0 fully saturated rings. The Hall–Kier alpha value is -1.14. The molecule has 0 bridgehead atoms. The fourth-order valence-electron chi connectivity index (χ4n) is 1.47. The van der Waals surface area contributed by atoms with Crippen molar-refractivity contribution in [3.8, 4) is 0 Å². The van der Waals surface area contributed by atoms with Gasteiger partial charge in [0.15, 0.2) is 0 Å². The lowest BCUT2D eigenvalue weighted by Crippen LogP contribution is -2.39. The summed E-state index contributed by atoms with van der Waals surface area (Å²) in [5, 5.41) is 4.48. The Morgan fingerprint density at radius 2 is 2.26 bits per heavy atom. The summed E-state index contributed by atoms with van der Waals surface area (Å²) >= 11 is 4.94. The quantitative estimate of drug-likeness (QED) is 0.806. The summed E-state index contributed by atoms with van der Waals surface area (Å²) in [5.41, 5.74) is 0.974. The van der Waals surface area contributed by atoms with E-state index >= 15 is 0 Å². The van der Waals surface area contributed by atoms with E-state index in [1.54, 1.807) is 24.5 Å². The lowest BCUT2D eigenvalue weighted by atomic mass is 10.3. The lowest BCUT2D eigenvalue weighted by molar-refractivity contribution is -0.132. The van der Waals surface area contributed by atoms with Gasteiger partial charge in [0.25, 0.3) is 0 Å². The topological polar surface area (TPSA) is 49.4 Å². The van der Waals surface area contributed by atoms with Crippen molar-refractivity contribution in [2.75, 3.05) is 20.1 Å². The number of hydrogen-bond donors (Lipinski definition) is 1. The van der Waals surface area contributed by atoms with E-state index in [0.717, 1.165) is 15.8 Å². The Labute approximate surface area is 125 Å². The van der Waals surface area contributed by atoms with Crippen molar-refractivity contribution >= 4 is 45.2 Å². The molecule has 1 heterocycles. The summed E-state index contributed by atoms with van der Waals surface area (Å²) in [6, 6.07) is 1.94. The maximum Gasteiger partial charge on any atom is 0.247 e. The monoisotopic (exact) mass is 344 g/mol. The average molecular weight is 345 g/mol. The fourth-order valence-corrected chi connectivity index (χ4v) is 2.62. The second kappa shape index (κ2) is 8.12. The molecule has 6 heteroatoms. The average Bonchev–Trinajstić information content (AvgIpc) is 2.81. The maximum absolute atomic E-state index is 12.0. The van der Waals surface area contributed by atoms with Gasteiger partial charge in [-0.2, -0.15) is 0 Å². The van der Waals surface area contributed by atoms with E-state index in [-0.39, 0.29) is 18.4 Å². The third-order valence-corrected chi connectivity index (χ3v) is 3.95. The van der Waals surface area contributed by atoms with Gasteiger partial charge in [-0.1, -0.05) is 6.92 Å². The van der Waals surface area contributed by atoms with Crippen molar-refractivity contribution in [1.29, 1.82) is 0 Å². The van der Waals surface area contributed by atoms with Gasteiger partial charge in [0.2, 0.25) is 11.8 Å². The summed E-state index contributed by atoms with van der Waals surface area (Å²) in [4.78, 5) is 24.9. The van der Waals surface area contributed by atoms with Crippen molar-refractivity contribution in [3.63, 3.8) is 0 Å². The van der Waals surface area contributed by atoms with E-state index in [4.69, 9.17) is 0 Å². The van der Waals surface area contributed by atoms with E-state index in [1.807, 2.05) is 18.4 Å². The van der Waals surface area contributed by atoms with Crippen LogP contribution in [0.2, 0.25) is 0 Å². The van der Waals surface area contributed by atoms with Crippen molar-refractivity contribution in [2.24, 2.45) is 0 Å². The van der Waals surface area contributed by atoms with Gasteiger partial charge in [-0.05, 0) is 45.4 Å². The van der Waals surface area contributed by atoms with Crippen molar-refractivity contribution in [3.05, 3.63) is 26.9 Å². The molecule has 4 nitrogen and oxygen atoms in total. The number of carbonyl (C=O) groups excluding carboxylic acids is 2. The van der Waals surface area contributed by atoms with Crippen LogP contribution in [0.4, 0.5) is 0 Å². The van der Waals surface area contributed by atoms with Gasteiger partial charge in [0, 0.05) is 19.7 Å². The number of likely N-dealkylation sites (N-methyl/N-ethyl adjacent to an activating group) is 1. The maximum atomic E-state index is 12.0. The molecule has 1 rings (SSSR count). The van der Waals surface area contributed by atoms with Crippen LogP contribution in [0.5, 0.6) is 0 Å². The first-order valence-electron chi connectivity index (χ1n) is 5.98. The highest BCUT2D eigenvalue weighted by Gasteiger charge is 2.13. The van der Waals surface area contributed by atoms with Crippen molar-refractivity contribution in [1.82, 2.24) is 10.2 Å². The number of nitrogens with zero attached hydrogens (tertiary/aromatic N) is 1. The highest BCUT2D eigenvalue weighted by molar-refractivity contribution is 9.11. The molecule has 104 valence electrons. The highest BCUT2D eigenvalue weighted by atomic mass is 79.9. The first-order valence-corrected chi connectivity index (χ1v) is 7.65. The third-order valence-electron chi connectivity index (χ3n) is 2.42. The third kappa shape index (κ3) is 5.57. The Morgan fingerprint density at radius 3 is 2.79 bits per heavy atom. The summed E-state index contributed by atoms with van der Waals surface area (Å²) in [5.74, 6) is -0.304. The van der Waals surface area contributed by atoms with Crippen LogP contribution in [0, 0.1) is 0 Å². The minimum atomic E-state index is -0.159. The van der Waals surface area contributed by atoms with Crippen LogP contribution >= 0.6 is 27.3 Å². The molecule has 0 spiro atoms. The predicted molar refractivity (Wildman–Crippen MR) is 82.0 cm³/mol. The molecule has 0 unspecified atom stereocenters. The standard InChI is InChI=1S/C13H17BrN2O2S/c1-3-6-16(8-12(17)15-2)13(18)5-4-10-7-11(14)19-9-10/h4-5,7,9H,3,6,8H2,1-2H3,(H,15,17)/b5-4-. The highest BCUT2D eigenvalue weighted by Crippen LogP contribution is 2.21. The van der Waals surface area contributed by atoms with Crippen LogP contribution in [-0.4, -0.2) is 36.9 Å². The molecule has 19 heavy (non-hydrogen) atoms. The van der Waals surface area contributed by atoms with Crippen LogP contribution in [0.3, 0.4) is 0 Å². The molecule has 0 aliphatic rings. The van der Waals surface area contributed by atoms with Gasteiger partial charge in [-0.15, -0.1) is 11.3 Å². The van der Waals surface area contributed by atoms with Crippen LogP contribution in [-0.2, 0) is 9.59 Å². The van der Waals surface area contributed by atoms with Gasteiger partial charge < -0.3 is 10.2 Å². The van der Waals surface area contributed by atoms with Gasteiger partial charge in [-0.25, -0.2) is 0 Å². The van der Waals surface area contributed by atoms with Gasteiger partial charge >= 0.3 is 0 Å². The number of carbonyl (C=O) groups is 2. The SMILES string of the molecule is CCCN(CC(=O)NC)C(=O)/C=C\c1csc(Br)c1. The van der Waals surface area contributed by atoms with Crippen LogP contribution in [0.15, 0.2) is 21.3 Å². The second-order valence-corrected chi connectivity index (χ2v) is 6.24. The molecule has 0 saturated heterocycles. The summed E-state index contributed by atoms with van der Waals surface area (Å²) in [6.45, 7) is 2.65. The van der Waals surface area contributed by atoms with E-state index in [2.05, 4.69) is 21.2 Å². The van der Waals surface area contributed by atoms with Crippen LogP contribution in [0.1, 0.15) is 18.9 Å². The molecule has 0 aliphatic heterocycles. The molecule has 2 amide bonds. The molecular weight excluding hydrogens is 328 g/mol. The minimum absolute atomic E-state index is 0.0981. The van der Waals surface area contributed by atoms with Gasteiger partial charge in [0.1, 0.15) is 0 Å². The molecular formula is C13H17BrN2O2S. The first kappa shape index (κ1) is 15.9. The molecule has 0 radical (unpaired) electrons. The Bertz CT molecular complexity index is 471. The molecule has 0 atom stereocenters. The molecule has 0 saturated carbocycles. The summed E-state index contributed by atoms with van der Waals surface area (Å²) in [6.07, 6.45) is 4.09. The van der Waals surface area contributed by atoms with Crippen molar-refractivity contribution in [2.45, 2.75) is 13.3 Å². The molecule has 1 aromatic rings. The van der Waals surface area contributed by atoms with Gasteiger partial charge in [-0.3, -0.25) is 9.59 Å². The van der Waals surface area contributed by atoms with Gasteiger partial charge in [0.05, 0.1) is 10.3 Å². The van der Waals surface area contributed by atoms with Crippen LogP contribution in [0.25, 0.3) is 6.08 Å². The molecule has 0 aromatic carbocycles. The largest absolute Gasteiger partial charge is 0.358 e. The fraction of sp³-hybridized carbons (Fsp3) is 0.385. The molecule has 0 aliphatic carbocycles. The number of amides is 2. The zero-order chi connectivity index (χ0) is 14.3. The summed E-state index contributed by atoms with van der Waals surface area (Å²) < 4.78 is 1.02. The number of halogens is 1.